The van der Waals surface area contributed by atoms with Gasteiger partial charge in [-0.2, -0.15) is 4.98 Å². The van der Waals surface area contributed by atoms with Crippen LogP contribution in [0, 0.1) is 0 Å². The van der Waals surface area contributed by atoms with Gasteiger partial charge in [-0.15, -0.1) is 0 Å². The summed E-state index contributed by atoms with van der Waals surface area (Å²) < 4.78 is 5.17. The highest BCUT2D eigenvalue weighted by molar-refractivity contribution is 5.77. The van der Waals surface area contributed by atoms with Crippen molar-refractivity contribution in [2.75, 3.05) is 6.54 Å². The Kier molecular flexibility index (Phi) is 5.47. The highest BCUT2D eigenvalue weighted by Gasteiger charge is 2.34. The van der Waals surface area contributed by atoms with Gasteiger partial charge in [-0.3, -0.25) is 9.69 Å². The van der Waals surface area contributed by atoms with Crippen LogP contribution in [0.5, 0.6) is 0 Å². The first-order chi connectivity index (χ1) is 8.91. The van der Waals surface area contributed by atoms with Crippen LogP contribution in [-0.4, -0.2) is 38.2 Å². The number of likely N-dealkylation sites (N-methyl/N-ethyl adjacent to an activating group) is 1. The first kappa shape index (κ1) is 15.6. The molecule has 0 amide bonds. The van der Waals surface area contributed by atoms with E-state index in [1.54, 1.807) is 18.7 Å². The van der Waals surface area contributed by atoms with E-state index in [9.17, 15) is 9.90 Å². The van der Waals surface area contributed by atoms with E-state index in [0.29, 0.717) is 24.8 Å². The van der Waals surface area contributed by atoms with E-state index >= 15 is 0 Å². The third-order valence-electron chi connectivity index (χ3n) is 3.29. The zero-order valence-electron chi connectivity index (χ0n) is 12.1. The van der Waals surface area contributed by atoms with Gasteiger partial charge in [0.2, 0.25) is 5.89 Å². The largest absolute Gasteiger partial charge is 0.480 e. The third kappa shape index (κ3) is 4.02. The van der Waals surface area contributed by atoms with Crippen molar-refractivity contribution in [2.45, 2.75) is 59.0 Å². The fraction of sp³-hybridized carbons (Fsp3) is 0.769. The second kappa shape index (κ2) is 6.65. The Labute approximate surface area is 113 Å². The Hall–Kier alpha value is -1.43. The third-order valence-corrected chi connectivity index (χ3v) is 3.29. The van der Waals surface area contributed by atoms with Crippen LogP contribution in [-0.2, 0) is 17.8 Å². The zero-order valence-corrected chi connectivity index (χ0v) is 12.1. The molecule has 0 aliphatic carbocycles. The Morgan fingerprint density at radius 3 is 2.63 bits per heavy atom. The number of nitrogens with zero attached hydrogens (tertiary/aromatic N) is 3. The number of aryl methyl sites for hydroxylation is 1. The molecule has 6 heteroatoms. The Morgan fingerprint density at radius 2 is 2.11 bits per heavy atom. The molecule has 0 bridgehead atoms. The molecule has 0 radical (unpaired) electrons. The molecule has 19 heavy (non-hydrogen) atoms. The van der Waals surface area contributed by atoms with Gasteiger partial charge in [-0.05, 0) is 26.8 Å². The second-order valence-corrected chi connectivity index (χ2v) is 5.09. The molecule has 0 saturated carbocycles. The van der Waals surface area contributed by atoms with Crippen LogP contribution >= 0.6 is 0 Å². The van der Waals surface area contributed by atoms with E-state index in [0.717, 1.165) is 19.3 Å². The number of aromatic nitrogens is 2. The summed E-state index contributed by atoms with van der Waals surface area (Å²) in [6, 6.07) is 0. The van der Waals surface area contributed by atoms with Crippen molar-refractivity contribution in [2.24, 2.45) is 0 Å². The van der Waals surface area contributed by atoms with Gasteiger partial charge in [-0.25, -0.2) is 0 Å². The summed E-state index contributed by atoms with van der Waals surface area (Å²) in [6.45, 7) is 8.33. The average Bonchev–Trinajstić information content (AvgIpc) is 2.80. The average molecular weight is 269 g/mol. The van der Waals surface area contributed by atoms with Crippen molar-refractivity contribution in [3.63, 3.8) is 0 Å². The lowest BCUT2D eigenvalue weighted by Gasteiger charge is -2.32. The molecule has 0 fully saturated rings. The number of carbonyl (C=O) groups is 1. The molecule has 0 aliphatic rings. The standard InChI is InChI=1S/C13H23N3O3/c1-5-7-8-10-14-11(19-15-10)9-16(6-2)13(3,4)12(17)18/h5-9H2,1-4H3,(H,17,18). The van der Waals surface area contributed by atoms with Gasteiger partial charge in [0, 0.05) is 6.42 Å². The molecule has 1 N–H and O–H groups in total. The molecular formula is C13H23N3O3. The SMILES string of the molecule is CCCCc1noc(CN(CC)C(C)(C)C(=O)O)n1. The number of carboxylic acids is 1. The fourth-order valence-electron chi connectivity index (χ4n) is 1.79. The van der Waals surface area contributed by atoms with E-state index in [-0.39, 0.29) is 0 Å². The monoisotopic (exact) mass is 269 g/mol. The first-order valence-electron chi connectivity index (χ1n) is 6.71. The first-order valence-corrected chi connectivity index (χ1v) is 6.71. The molecule has 1 aromatic rings. The van der Waals surface area contributed by atoms with Crippen molar-refractivity contribution in [1.29, 1.82) is 0 Å². The quantitative estimate of drug-likeness (QED) is 0.778. The summed E-state index contributed by atoms with van der Waals surface area (Å²) in [4.78, 5) is 17.3. The molecule has 1 heterocycles. The second-order valence-electron chi connectivity index (χ2n) is 5.09. The van der Waals surface area contributed by atoms with Crippen LogP contribution in [0.3, 0.4) is 0 Å². The fourth-order valence-corrected chi connectivity index (χ4v) is 1.79. The highest BCUT2D eigenvalue weighted by Crippen LogP contribution is 2.17. The van der Waals surface area contributed by atoms with Crippen LogP contribution in [0.2, 0.25) is 0 Å². The minimum absolute atomic E-state index is 0.356. The van der Waals surface area contributed by atoms with E-state index in [1.165, 1.54) is 0 Å². The number of hydrogen-bond donors (Lipinski definition) is 1. The van der Waals surface area contributed by atoms with Gasteiger partial charge < -0.3 is 9.63 Å². The van der Waals surface area contributed by atoms with Crippen LogP contribution in [0.15, 0.2) is 4.52 Å². The van der Waals surface area contributed by atoms with Crippen LogP contribution in [0.1, 0.15) is 52.3 Å². The summed E-state index contributed by atoms with van der Waals surface area (Å²) in [5.74, 6) is 0.309. The van der Waals surface area contributed by atoms with Crippen molar-refractivity contribution < 1.29 is 14.4 Å². The lowest BCUT2D eigenvalue weighted by molar-refractivity contribution is -0.149. The molecule has 6 nitrogen and oxygen atoms in total. The predicted octanol–water partition coefficient (Wildman–Crippen LogP) is 2.10. The summed E-state index contributed by atoms with van der Waals surface area (Å²) in [6.07, 6.45) is 2.91. The van der Waals surface area contributed by atoms with E-state index in [1.807, 2.05) is 6.92 Å². The Balaban J connectivity index is 2.71. The van der Waals surface area contributed by atoms with E-state index in [4.69, 9.17) is 4.52 Å². The number of hydrogen-bond acceptors (Lipinski definition) is 5. The highest BCUT2D eigenvalue weighted by atomic mass is 16.5. The summed E-state index contributed by atoms with van der Waals surface area (Å²) in [5.41, 5.74) is -0.952. The van der Waals surface area contributed by atoms with Crippen molar-refractivity contribution in [3.05, 3.63) is 11.7 Å². The molecule has 0 saturated heterocycles. The molecule has 108 valence electrons. The molecular weight excluding hydrogens is 246 g/mol. The molecule has 0 aliphatic heterocycles. The number of rotatable bonds is 8. The lowest BCUT2D eigenvalue weighted by atomic mass is 10.0. The minimum atomic E-state index is -0.952. The summed E-state index contributed by atoms with van der Waals surface area (Å²) in [5, 5.41) is 13.1. The van der Waals surface area contributed by atoms with Gasteiger partial charge >= 0.3 is 5.97 Å². The molecule has 1 rings (SSSR count). The maximum absolute atomic E-state index is 11.2. The van der Waals surface area contributed by atoms with Crippen LogP contribution < -0.4 is 0 Å². The Bertz CT molecular complexity index is 415. The molecule has 1 aromatic heterocycles. The predicted molar refractivity (Wildman–Crippen MR) is 70.7 cm³/mol. The van der Waals surface area contributed by atoms with Gasteiger partial charge in [0.15, 0.2) is 5.82 Å². The molecule has 0 unspecified atom stereocenters. The Morgan fingerprint density at radius 1 is 1.42 bits per heavy atom. The maximum atomic E-state index is 11.2. The zero-order chi connectivity index (χ0) is 14.5. The lowest BCUT2D eigenvalue weighted by Crippen LogP contribution is -2.49. The van der Waals surface area contributed by atoms with Crippen LogP contribution in [0.4, 0.5) is 0 Å². The minimum Gasteiger partial charge on any atom is -0.480 e. The number of unbranched alkanes of at least 4 members (excludes halogenated alkanes) is 1. The van der Waals surface area contributed by atoms with Gasteiger partial charge in [-0.1, -0.05) is 25.4 Å². The molecule has 0 aromatic carbocycles. The number of carboxylic acid groups (broad SMARTS) is 1. The van der Waals surface area contributed by atoms with Crippen molar-refractivity contribution >= 4 is 5.97 Å². The number of aliphatic carboxylic acids is 1. The maximum Gasteiger partial charge on any atom is 0.323 e. The molecule has 0 atom stereocenters. The van der Waals surface area contributed by atoms with Gasteiger partial charge in [0.05, 0.1) is 6.54 Å². The van der Waals surface area contributed by atoms with E-state index < -0.39 is 11.5 Å². The normalized spacial score (nSPS) is 12.1. The van der Waals surface area contributed by atoms with Gasteiger partial charge in [0.1, 0.15) is 5.54 Å². The van der Waals surface area contributed by atoms with Gasteiger partial charge in [0.25, 0.3) is 0 Å². The summed E-state index contributed by atoms with van der Waals surface area (Å²) in [7, 11) is 0. The van der Waals surface area contributed by atoms with E-state index in [2.05, 4.69) is 17.1 Å². The molecule has 0 spiro atoms. The topological polar surface area (TPSA) is 79.5 Å². The summed E-state index contributed by atoms with van der Waals surface area (Å²) >= 11 is 0. The van der Waals surface area contributed by atoms with Crippen molar-refractivity contribution in [1.82, 2.24) is 15.0 Å². The smallest absolute Gasteiger partial charge is 0.323 e. The van der Waals surface area contributed by atoms with Crippen LogP contribution in [0.25, 0.3) is 0 Å². The van der Waals surface area contributed by atoms with Crippen molar-refractivity contribution in [3.8, 4) is 0 Å².